The number of methoxy groups -OCH3 is 1. The van der Waals surface area contributed by atoms with Gasteiger partial charge in [0, 0.05) is 12.2 Å². The topological polar surface area (TPSA) is 63.6 Å². The average Bonchev–Trinajstić information content (AvgIpc) is 3.05. The van der Waals surface area contributed by atoms with Gasteiger partial charge in [0.05, 0.1) is 23.5 Å². The van der Waals surface area contributed by atoms with Gasteiger partial charge < -0.3 is 4.74 Å². The zero-order valence-corrected chi connectivity index (χ0v) is 15.3. The zero-order chi connectivity index (χ0) is 17.5. The number of thiazole rings is 1. The number of carbonyl (C=O) groups is 1. The Balaban J connectivity index is 1.42. The first-order valence-corrected chi connectivity index (χ1v) is 9.49. The Morgan fingerprint density at radius 1 is 1.28 bits per heavy atom. The molecular weight excluding hydrogens is 354 g/mol. The largest absolute Gasteiger partial charge is 0.497 e. The first-order valence-electron chi connectivity index (χ1n) is 7.69. The van der Waals surface area contributed by atoms with Gasteiger partial charge in [0.15, 0.2) is 4.34 Å². The van der Waals surface area contributed by atoms with Crippen LogP contribution in [0.1, 0.15) is 12.0 Å². The quantitative estimate of drug-likeness (QED) is 0.388. The van der Waals surface area contributed by atoms with Crippen LogP contribution in [-0.4, -0.2) is 30.0 Å². The fourth-order valence-corrected chi connectivity index (χ4v) is 4.15. The van der Waals surface area contributed by atoms with Crippen LogP contribution in [-0.2, 0) is 4.79 Å². The summed E-state index contributed by atoms with van der Waals surface area (Å²) in [6.45, 7) is 0. The van der Waals surface area contributed by atoms with Crippen molar-refractivity contribution in [1.82, 2.24) is 10.4 Å². The van der Waals surface area contributed by atoms with Crippen molar-refractivity contribution in [2.24, 2.45) is 5.10 Å². The first kappa shape index (κ1) is 17.4. The molecule has 3 rings (SSSR count). The lowest BCUT2D eigenvalue weighted by molar-refractivity contribution is -0.120. The number of benzene rings is 2. The molecule has 0 spiro atoms. The van der Waals surface area contributed by atoms with Gasteiger partial charge in [-0.2, -0.15) is 5.10 Å². The van der Waals surface area contributed by atoms with Gasteiger partial charge in [0.1, 0.15) is 5.75 Å². The number of aromatic nitrogens is 1. The van der Waals surface area contributed by atoms with E-state index in [1.54, 1.807) is 36.4 Å². The number of para-hydroxylation sites is 1. The Bertz CT molecular complexity index is 842. The molecule has 1 aromatic heterocycles. The molecule has 0 fully saturated rings. The van der Waals surface area contributed by atoms with Crippen LogP contribution in [0.3, 0.4) is 0 Å². The molecule has 2 aromatic carbocycles. The number of hydrazone groups is 1. The molecule has 0 aliphatic heterocycles. The molecule has 0 saturated heterocycles. The third kappa shape index (κ3) is 5.04. The van der Waals surface area contributed by atoms with Crippen molar-refractivity contribution < 1.29 is 9.53 Å². The molecule has 25 heavy (non-hydrogen) atoms. The summed E-state index contributed by atoms with van der Waals surface area (Å²) in [5.74, 6) is 1.34. The summed E-state index contributed by atoms with van der Waals surface area (Å²) in [5, 5.41) is 3.97. The Hall–Kier alpha value is -2.38. The van der Waals surface area contributed by atoms with Gasteiger partial charge in [-0.25, -0.2) is 10.4 Å². The number of rotatable bonds is 7. The van der Waals surface area contributed by atoms with Gasteiger partial charge in [-0.1, -0.05) is 23.9 Å². The molecule has 0 aliphatic rings. The standard InChI is InChI=1S/C18H17N3O2S2/c1-23-14-8-6-13(7-9-14)12-19-21-17(22)10-11-24-18-20-15-4-2-3-5-16(15)25-18/h2-9,12H,10-11H2,1H3,(H,21,22). The summed E-state index contributed by atoms with van der Waals surface area (Å²) < 4.78 is 7.24. The monoisotopic (exact) mass is 371 g/mol. The molecule has 0 saturated carbocycles. The van der Waals surface area contributed by atoms with Crippen molar-refractivity contribution in [2.75, 3.05) is 12.9 Å². The van der Waals surface area contributed by atoms with Crippen LogP contribution < -0.4 is 10.2 Å². The molecule has 1 heterocycles. The highest BCUT2D eigenvalue weighted by Gasteiger charge is 2.05. The Morgan fingerprint density at radius 2 is 2.08 bits per heavy atom. The summed E-state index contributed by atoms with van der Waals surface area (Å²) in [6.07, 6.45) is 2.00. The van der Waals surface area contributed by atoms with E-state index < -0.39 is 0 Å². The number of amides is 1. The molecule has 0 aliphatic carbocycles. The molecular formula is C18H17N3O2S2. The Labute approximate surface area is 154 Å². The summed E-state index contributed by atoms with van der Waals surface area (Å²) in [5.41, 5.74) is 4.44. The fourth-order valence-electron chi connectivity index (χ4n) is 2.07. The molecule has 0 bridgehead atoms. The van der Waals surface area contributed by atoms with E-state index in [1.165, 1.54) is 4.70 Å². The summed E-state index contributed by atoms with van der Waals surface area (Å²) >= 11 is 3.24. The molecule has 5 nitrogen and oxygen atoms in total. The minimum Gasteiger partial charge on any atom is -0.497 e. The Morgan fingerprint density at radius 3 is 2.84 bits per heavy atom. The summed E-state index contributed by atoms with van der Waals surface area (Å²) in [4.78, 5) is 16.4. The number of carbonyl (C=O) groups excluding carboxylic acids is 1. The van der Waals surface area contributed by atoms with Gasteiger partial charge in [0.2, 0.25) is 5.91 Å². The number of ether oxygens (including phenoxy) is 1. The molecule has 1 amide bonds. The third-order valence-electron chi connectivity index (χ3n) is 3.35. The van der Waals surface area contributed by atoms with Crippen LogP contribution in [0.25, 0.3) is 10.2 Å². The highest BCUT2D eigenvalue weighted by atomic mass is 32.2. The third-order valence-corrected chi connectivity index (χ3v) is 5.53. The lowest BCUT2D eigenvalue weighted by Crippen LogP contribution is -2.17. The second-order valence-corrected chi connectivity index (χ2v) is 7.48. The smallest absolute Gasteiger partial charge is 0.240 e. The second kappa shape index (κ2) is 8.64. The van der Waals surface area contributed by atoms with Gasteiger partial charge in [0.25, 0.3) is 0 Å². The highest BCUT2D eigenvalue weighted by molar-refractivity contribution is 8.01. The number of thioether (sulfide) groups is 1. The first-order chi connectivity index (χ1) is 12.2. The van der Waals surface area contributed by atoms with Crippen molar-refractivity contribution >= 4 is 45.4 Å². The van der Waals surface area contributed by atoms with Gasteiger partial charge >= 0.3 is 0 Å². The molecule has 1 N–H and O–H groups in total. The maximum absolute atomic E-state index is 11.8. The zero-order valence-electron chi connectivity index (χ0n) is 13.6. The minimum atomic E-state index is -0.113. The lowest BCUT2D eigenvalue weighted by atomic mass is 10.2. The van der Waals surface area contributed by atoms with Gasteiger partial charge in [-0.05, 0) is 42.0 Å². The van der Waals surface area contributed by atoms with Crippen molar-refractivity contribution in [3.63, 3.8) is 0 Å². The molecule has 128 valence electrons. The average molecular weight is 371 g/mol. The van der Waals surface area contributed by atoms with Crippen molar-refractivity contribution in [1.29, 1.82) is 0 Å². The molecule has 7 heteroatoms. The van der Waals surface area contributed by atoms with E-state index in [1.807, 2.05) is 42.5 Å². The van der Waals surface area contributed by atoms with E-state index in [-0.39, 0.29) is 5.91 Å². The van der Waals surface area contributed by atoms with E-state index in [0.717, 1.165) is 21.2 Å². The van der Waals surface area contributed by atoms with E-state index in [4.69, 9.17) is 4.74 Å². The van der Waals surface area contributed by atoms with E-state index in [9.17, 15) is 4.79 Å². The summed E-state index contributed by atoms with van der Waals surface area (Å²) in [6, 6.07) is 15.5. The SMILES string of the molecule is COc1ccc(C=NNC(=O)CCSc2nc3ccccc3s2)cc1. The minimum absolute atomic E-state index is 0.113. The number of nitrogens with zero attached hydrogens (tertiary/aromatic N) is 2. The number of hydrogen-bond donors (Lipinski definition) is 1. The van der Waals surface area contributed by atoms with Crippen LogP contribution in [0.4, 0.5) is 0 Å². The van der Waals surface area contributed by atoms with Crippen molar-refractivity contribution in [3.05, 3.63) is 54.1 Å². The predicted octanol–water partition coefficient (Wildman–Crippen LogP) is 3.94. The summed E-state index contributed by atoms with van der Waals surface area (Å²) in [7, 11) is 1.62. The van der Waals surface area contributed by atoms with Crippen LogP contribution in [0.15, 0.2) is 58.0 Å². The van der Waals surface area contributed by atoms with Crippen molar-refractivity contribution in [3.8, 4) is 5.75 Å². The Kier molecular flexibility index (Phi) is 6.03. The van der Waals surface area contributed by atoms with Crippen molar-refractivity contribution in [2.45, 2.75) is 10.8 Å². The van der Waals surface area contributed by atoms with Gasteiger partial charge in [-0.15, -0.1) is 11.3 Å². The van der Waals surface area contributed by atoms with E-state index in [0.29, 0.717) is 12.2 Å². The van der Waals surface area contributed by atoms with Gasteiger partial charge in [-0.3, -0.25) is 4.79 Å². The maximum Gasteiger partial charge on any atom is 0.240 e. The molecule has 0 atom stereocenters. The second-order valence-electron chi connectivity index (χ2n) is 5.11. The molecule has 0 radical (unpaired) electrons. The van der Waals surface area contributed by atoms with E-state index in [2.05, 4.69) is 21.6 Å². The number of nitrogens with one attached hydrogen (secondary N) is 1. The number of hydrogen-bond acceptors (Lipinski definition) is 6. The van der Waals surface area contributed by atoms with Crippen LogP contribution >= 0.6 is 23.1 Å². The normalized spacial score (nSPS) is 11.1. The molecule has 3 aromatic rings. The lowest BCUT2D eigenvalue weighted by Gasteiger charge is -2.00. The maximum atomic E-state index is 11.8. The van der Waals surface area contributed by atoms with E-state index >= 15 is 0 Å². The fraction of sp³-hybridized carbons (Fsp3) is 0.167. The number of fused-ring (bicyclic) bond motifs is 1. The highest BCUT2D eigenvalue weighted by Crippen LogP contribution is 2.29. The van der Waals surface area contributed by atoms with Crippen LogP contribution in [0, 0.1) is 0 Å². The van der Waals surface area contributed by atoms with Crippen LogP contribution in [0.5, 0.6) is 5.75 Å². The predicted molar refractivity (Wildman–Crippen MR) is 104 cm³/mol. The van der Waals surface area contributed by atoms with Crippen LogP contribution in [0.2, 0.25) is 0 Å². The molecule has 0 unspecified atom stereocenters.